The molecule has 0 radical (unpaired) electrons. The first-order valence-corrected chi connectivity index (χ1v) is 7.23. The van der Waals surface area contributed by atoms with Crippen molar-refractivity contribution in [2.45, 2.75) is 19.1 Å². The Morgan fingerprint density at radius 3 is 2.33 bits per heavy atom. The van der Waals surface area contributed by atoms with Crippen LogP contribution in [0.15, 0.2) is 46.9 Å². The lowest BCUT2D eigenvalue weighted by atomic mass is 9.93. The first-order valence-electron chi connectivity index (χ1n) is 6.44. The smallest absolute Gasteiger partial charge is 0.309 e. The second kappa shape index (κ2) is 6.20. The van der Waals surface area contributed by atoms with Gasteiger partial charge in [-0.3, -0.25) is 0 Å². The molecule has 0 bridgehead atoms. The Bertz CT molecular complexity index is 638. The summed E-state index contributed by atoms with van der Waals surface area (Å²) in [6.07, 6.45) is -4.36. The zero-order chi connectivity index (χ0) is 15.6. The minimum atomic E-state index is -4.36. The third-order valence-electron chi connectivity index (χ3n) is 3.38. The van der Waals surface area contributed by atoms with E-state index in [2.05, 4.69) is 21.2 Å². The average Bonchev–Trinajstić information content (AvgIpc) is 2.43. The van der Waals surface area contributed by atoms with E-state index >= 15 is 0 Å². The highest BCUT2D eigenvalue weighted by molar-refractivity contribution is 9.10. The number of aryl methyl sites for hydroxylation is 1. The van der Waals surface area contributed by atoms with Crippen LogP contribution in [0.3, 0.4) is 0 Å². The highest BCUT2D eigenvalue weighted by atomic mass is 79.9. The lowest BCUT2D eigenvalue weighted by Gasteiger charge is -2.22. The van der Waals surface area contributed by atoms with Gasteiger partial charge in [-0.05, 0) is 42.8 Å². The van der Waals surface area contributed by atoms with Crippen molar-refractivity contribution in [3.8, 4) is 0 Å². The van der Waals surface area contributed by atoms with Crippen molar-refractivity contribution in [2.75, 3.05) is 7.05 Å². The summed E-state index contributed by atoms with van der Waals surface area (Å²) in [7, 11) is 1.66. The monoisotopic (exact) mass is 357 g/mol. The Balaban J connectivity index is 2.54. The molecule has 1 atom stereocenters. The van der Waals surface area contributed by atoms with Crippen molar-refractivity contribution in [2.24, 2.45) is 0 Å². The van der Waals surface area contributed by atoms with E-state index in [4.69, 9.17) is 0 Å². The second-order valence-corrected chi connectivity index (χ2v) is 5.67. The molecule has 0 aromatic heterocycles. The third kappa shape index (κ3) is 3.47. The van der Waals surface area contributed by atoms with E-state index in [-0.39, 0.29) is 5.56 Å². The fraction of sp³-hybridized carbons (Fsp3) is 0.250. The van der Waals surface area contributed by atoms with Gasteiger partial charge in [0, 0.05) is 4.47 Å². The predicted molar refractivity (Wildman–Crippen MR) is 81.2 cm³/mol. The Labute approximate surface area is 130 Å². The molecule has 5 heteroatoms. The molecule has 0 fully saturated rings. The molecule has 1 N–H and O–H groups in total. The summed E-state index contributed by atoms with van der Waals surface area (Å²) in [4.78, 5) is 0. The molecule has 0 heterocycles. The maximum Gasteiger partial charge on any atom is 0.416 e. The van der Waals surface area contributed by atoms with Crippen molar-refractivity contribution < 1.29 is 13.2 Å². The quantitative estimate of drug-likeness (QED) is 0.806. The van der Waals surface area contributed by atoms with Crippen LogP contribution >= 0.6 is 15.9 Å². The highest BCUT2D eigenvalue weighted by Gasteiger charge is 2.35. The molecule has 2 aromatic rings. The maximum absolute atomic E-state index is 13.2. The van der Waals surface area contributed by atoms with Gasteiger partial charge in [0.25, 0.3) is 0 Å². The Kier molecular flexibility index (Phi) is 4.74. The number of hydrogen-bond donors (Lipinski definition) is 1. The molecule has 0 saturated carbocycles. The summed E-state index contributed by atoms with van der Waals surface area (Å²) in [5.74, 6) is 0. The van der Waals surface area contributed by atoms with E-state index in [9.17, 15) is 13.2 Å². The van der Waals surface area contributed by atoms with Crippen LogP contribution in [0.25, 0.3) is 0 Å². The minimum Gasteiger partial charge on any atom is -0.309 e. The molecule has 0 aliphatic heterocycles. The molecule has 112 valence electrons. The van der Waals surface area contributed by atoms with Crippen LogP contribution in [0.5, 0.6) is 0 Å². The Morgan fingerprint density at radius 2 is 1.76 bits per heavy atom. The van der Waals surface area contributed by atoms with Gasteiger partial charge in [-0.1, -0.05) is 46.3 Å². The molecule has 1 nitrogen and oxygen atoms in total. The zero-order valence-electron chi connectivity index (χ0n) is 11.6. The van der Waals surface area contributed by atoms with Gasteiger partial charge in [-0.25, -0.2) is 0 Å². The molecule has 2 rings (SSSR count). The summed E-state index contributed by atoms with van der Waals surface area (Å²) in [6.45, 7) is 1.91. The Morgan fingerprint density at radius 1 is 1.10 bits per heavy atom. The summed E-state index contributed by atoms with van der Waals surface area (Å²) >= 11 is 3.40. The number of rotatable bonds is 3. The van der Waals surface area contributed by atoms with Crippen molar-refractivity contribution >= 4 is 15.9 Å². The molecule has 0 aliphatic carbocycles. The van der Waals surface area contributed by atoms with Gasteiger partial charge < -0.3 is 5.32 Å². The van der Waals surface area contributed by atoms with Crippen LogP contribution in [0, 0.1) is 6.92 Å². The zero-order valence-corrected chi connectivity index (χ0v) is 13.2. The highest BCUT2D eigenvalue weighted by Crippen LogP contribution is 2.36. The topological polar surface area (TPSA) is 12.0 Å². The van der Waals surface area contributed by atoms with E-state index in [0.29, 0.717) is 0 Å². The summed E-state index contributed by atoms with van der Waals surface area (Å²) < 4.78 is 40.4. The molecule has 0 spiro atoms. The molecular weight excluding hydrogens is 343 g/mol. The fourth-order valence-electron chi connectivity index (χ4n) is 2.36. The summed E-state index contributed by atoms with van der Waals surface area (Å²) in [5.41, 5.74) is 1.41. The maximum atomic E-state index is 13.2. The standard InChI is InChI=1S/C16H15BrF3N/c1-10-9-11(7-8-14(10)17)15(21-2)12-5-3-4-6-13(12)16(18,19)20/h3-9,15,21H,1-2H3. The van der Waals surface area contributed by atoms with E-state index in [1.807, 2.05) is 25.1 Å². The van der Waals surface area contributed by atoms with Crippen molar-refractivity contribution in [1.82, 2.24) is 5.32 Å². The first kappa shape index (κ1) is 16.0. The van der Waals surface area contributed by atoms with Crippen LogP contribution < -0.4 is 5.32 Å². The van der Waals surface area contributed by atoms with E-state index in [0.717, 1.165) is 21.7 Å². The Hall–Kier alpha value is -1.33. The number of halogens is 4. The van der Waals surface area contributed by atoms with Crippen LogP contribution in [0.4, 0.5) is 13.2 Å². The molecular formula is C16H15BrF3N. The number of benzene rings is 2. The lowest BCUT2D eigenvalue weighted by Crippen LogP contribution is -2.22. The molecule has 1 unspecified atom stereocenters. The predicted octanol–water partition coefficient (Wildman–Crippen LogP) is 5.09. The van der Waals surface area contributed by atoms with Crippen LogP contribution in [0.1, 0.15) is 28.3 Å². The lowest BCUT2D eigenvalue weighted by molar-refractivity contribution is -0.138. The molecule has 21 heavy (non-hydrogen) atoms. The molecule has 0 amide bonds. The summed E-state index contributed by atoms with van der Waals surface area (Å²) in [5, 5.41) is 2.98. The van der Waals surface area contributed by atoms with E-state index in [1.165, 1.54) is 12.1 Å². The van der Waals surface area contributed by atoms with Gasteiger partial charge in [0.2, 0.25) is 0 Å². The van der Waals surface area contributed by atoms with Gasteiger partial charge in [0.1, 0.15) is 0 Å². The van der Waals surface area contributed by atoms with E-state index < -0.39 is 17.8 Å². The fourth-order valence-corrected chi connectivity index (χ4v) is 2.60. The normalized spacial score (nSPS) is 13.2. The van der Waals surface area contributed by atoms with Crippen molar-refractivity contribution in [1.29, 1.82) is 0 Å². The van der Waals surface area contributed by atoms with Gasteiger partial charge in [-0.15, -0.1) is 0 Å². The van der Waals surface area contributed by atoms with Crippen molar-refractivity contribution in [3.05, 3.63) is 69.2 Å². The SMILES string of the molecule is CNC(c1ccc(Br)c(C)c1)c1ccccc1C(F)(F)F. The van der Waals surface area contributed by atoms with Gasteiger partial charge in [0.05, 0.1) is 11.6 Å². The van der Waals surface area contributed by atoms with Crippen molar-refractivity contribution in [3.63, 3.8) is 0 Å². The van der Waals surface area contributed by atoms with Gasteiger partial charge in [-0.2, -0.15) is 13.2 Å². The number of alkyl halides is 3. The molecule has 0 aliphatic rings. The average molecular weight is 358 g/mol. The van der Waals surface area contributed by atoms with Crippen LogP contribution in [-0.2, 0) is 6.18 Å². The van der Waals surface area contributed by atoms with E-state index in [1.54, 1.807) is 13.1 Å². The van der Waals surface area contributed by atoms with Gasteiger partial charge in [0.15, 0.2) is 0 Å². The third-order valence-corrected chi connectivity index (χ3v) is 4.27. The van der Waals surface area contributed by atoms with Crippen LogP contribution in [0.2, 0.25) is 0 Å². The molecule has 2 aromatic carbocycles. The largest absolute Gasteiger partial charge is 0.416 e. The minimum absolute atomic E-state index is 0.231. The van der Waals surface area contributed by atoms with Crippen LogP contribution in [-0.4, -0.2) is 7.05 Å². The number of nitrogens with one attached hydrogen (secondary N) is 1. The molecule has 0 saturated heterocycles. The second-order valence-electron chi connectivity index (χ2n) is 4.82. The van der Waals surface area contributed by atoms with Gasteiger partial charge >= 0.3 is 6.18 Å². The number of hydrogen-bond acceptors (Lipinski definition) is 1. The first-order chi connectivity index (χ1) is 9.84. The summed E-state index contributed by atoms with van der Waals surface area (Å²) in [6, 6.07) is 10.7.